The molecule has 3 aromatic heterocycles. The van der Waals surface area contributed by atoms with Gasteiger partial charge >= 0.3 is 0 Å². The molecule has 29 heavy (non-hydrogen) atoms. The van der Waals surface area contributed by atoms with Crippen molar-refractivity contribution in [2.24, 2.45) is 5.92 Å². The highest BCUT2D eigenvalue weighted by atomic mass is 32.1. The quantitative estimate of drug-likeness (QED) is 0.389. The Labute approximate surface area is 188 Å². The molecule has 1 aliphatic rings. The van der Waals surface area contributed by atoms with E-state index in [1.54, 1.807) is 11.0 Å². The summed E-state index contributed by atoms with van der Waals surface area (Å²) in [6.45, 7) is 1.50. The minimum atomic E-state index is 0.368. The van der Waals surface area contributed by atoms with E-state index in [4.69, 9.17) is 0 Å². The molecule has 152 valence electrons. The van der Waals surface area contributed by atoms with Crippen LogP contribution in [0.15, 0.2) is 58.1 Å². The first-order chi connectivity index (χ1) is 14.2. The van der Waals surface area contributed by atoms with Crippen LogP contribution in [-0.2, 0) is 0 Å². The molecule has 0 unspecified atom stereocenters. The van der Waals surface area contributed by atoms with Crippen molar-refractivity contribution in [1.82, 2.24) is 4.90 Å². The number of hydrogen-bond acceptors (Lipinski definition) is 4. The Balaban J connectivity index is 1.89. The lowest BCUT2D eigenvalue weighted by molar-refractivity contribution is 0.368. The van der Waals surface area contributed by atoms with Crippen LogP contribution >= 0.6 is 34.0 Å². The predicted molar refractivity (Wildman–Crippen MR) is 135 cm³/mol. The lowest BCUT2D eigenvalue weighted by Crippen LogP contribution is -2.41. The topological polar surface area (TPSA) is 3.24 Å². The zero-order valence-corrected chi connectivity index (χ0v) is 19.9. The lowest BCUT2D eigenvalue weighted by atomic mass is 9.40. The van der Waals surface area contributed by atoms with Gasteiger partial charge in [0, 0.05) is 11.4 Å². The standard InChI is InChI=1S/C24H30BNS3/c1-26(2)15-14-20(19-9-4-3-5-10-19)24(21-11-6-16-27-21)25(22-12-7-17-28-22)23-13-8-18-29-23/h6-8,11-13,16-19H,3-5,9-10,14-15H2,1-2H3/b24-20+. The second-order valence-electron chi connectivity index (χ2n) is 8.27. The summed E-state index contributed by atoms with van der Waals surface area (Å²) in [7, 11) is 4.42. The van der Waals surface area contributed by atoms with Crippen LogP contribution in [0.3, 0.4) is 0 Å². The van der Waals surface area contributed by atoms with E-state index in [2.05, 4.69) is 71.5 Å². The van der Waals surface area contributed by atoms with Crippen molar-refractivity contribution >= 4 is 55.7 Å². The molecule has 1 aliphatic carbocycles. The fourth-order valence-electron chi connectivity index (χ4n) is 4.61. The molecule has 1 fully saturated rings. The predicted octanol–water partition coefficient (Wildman–Crippen LogP) is 6.01. The number of thiophene rings is 3. The molecule has 1 nitrogen and oxygen atoms in total. The molecule has 0 saturated heterocycles. The molecule has 0 N–H and O–H groups in total. The Kier molecular flexibility index (Phi) is 7.46. The van der Waals surface area contributed by atoms with Gasteiger partial charge in [0.25, 0.3) is 6.71 Å². The molecule has 5 heteroatoms. The Morgan fingerprint density at radius 2 is 1.52 bits per heavy atom. The summed E-state index contributed by atoms with van der Waals surface area (Å²) in [5, 5.41) is 6.73. The Hall–Kier alpha value is -1.14. The van der Waals surface area contributed by atoms with Crippen LogP contribution in [-0.4, -0.2) is 32.3 Å². The number of rotatable bonds is 8. The Morgan fingerprint density at radius 3 is 2.03 bits per heavy atom. The molecular formula is C24H30BNS3. The first kappa shape index (κ1) is 21.1. The van der Waals surface area contributed by atoms with Gasteiger partial charge in [0.1, 0.15) is 0 Å². The van der Waals surface area contributed by atoms with Gasteiger partial charge in [-0.3, -0.25) is 0 Å². The number of nitrogens with zero attached hydrogens (tertiary/aromatic N) is 1. The fourth-order valence-corrected chi connectivity index (χ4v) is 7.22. The zero-order chi connectivity index (χ0) is 20.1. The maximum absolute atomic E-state index is 2.35. The van der Waals surface area contributed by atoms with E-state index in [0.29, 0.717) is 6.71 Å². The normalized spacial score (nSPS) is 16.2. The van der Waals surface area contributed by atoms with Crippen LogP contribution in [0.25, 0.3) is 5.47 Å². The van der Waals surface area contributed by atoms with E-state index >= 15 is 0 Å². The van der Waals surface area contributed by atoms with Crippen molar-refractivity contribution in [2.75, 3.05) is 20.6 Å². The summed E-state index contributed by atoms with van der Waals surface area (Å²) >= 11 is 5.74. The second-order valence-corrected chi connectivity index (χ2v) is 11.2. The zero-order valence-electron chi connectivity index (χ0n) is 17.5. The van der Waals surface area contributed by atoms with Crippen molar-refractivity contribution in [3.05, 3.63) is 63.0 Å². The third-order valence-corrected chi connectivity index (χ3v) is 8.78. The van der Waals surface area contributed by atoms with E-state index in [1.807, 2.05) is 34.0 Å². The van der Waals surface area contributed by atoms with Gasteiger partial charge < -0.3 is 4.90 Å². The molecule has 0 bridgehead atoms. The first-order valence-electron chi connectivity index (χ1n) is 10.7. The molecule has 1 saturated carbocycles. The summed E-state index contributed by atoms with van der Waals surface area (Å²) in [5.41, 5.74) is 3.34. The summed E-state index contributed by atoms with van der Waals surface area (Å²) in [5.74, 6) is 0.739. The van der Waals surface area contributed by atoms with Crippen LogP contribution in [0.5, 0.6) is 0 Å². The second kappa shape index (κ2) is 10.3. The molecule has 0 spiro atoms. The Bertz CT molecular complexity index is 839. The highest BCUT2D eigenvalue weighted by molar-refractivity contribution is 7.35. The van der Waals surface area contributed by atoms with Crippen molar-refractivity contribution in [3.8, 4) is 0 Å². The van der Waals surface area contributed by atoms with Crippen LogP contribution in [0, 0.1) is 5.92 Å². The van der Waals surface area contributed by atoms with E-state index in [0.717, 1.165) is 12.5 Å². The summed E-state index contributed by atoms with van der Waals surface area (Å²) < 4.78 is 2.96. The third kappa shape index (κ3) is 5.14. The van der Waals surface area contributed by atoms with Crippen LogP contribution in [0.1, 0.15) is 43.4 Å². The van der Waals surface area contributed by atoms with Gasteiger partial charge in [0.05, 0.1) is 0 Å². The molecule has 3 aromatic rings. The van der Waals surface area contributed by atoms with Crippen molar-refractivity contribution in [2.45, 2.75) is 38.5 Å². The SMILES string of the molecule is CN(C)CC/C(=C(\B(c1cccs1)c1cccs1)c1cccs1)C1CCCCC1. The lowest BCUT2D eigenvalue weighted by Gasteiger charge is -2.30. The monoisotopic (exact) mass is 439 g/mol. The Morgan fingerprint density at radius 1 is 0.897 bits per heavy atom. The third-order valence-electron chi connectivity index (χ3n) is 6.00. The minimum Gasteiger partial charge on any atom is -0.309 e. The average molecular weight is 440 g/mol. The van der Waals surface area contributed by atoms with E-state index in [1.165, 1.54) is 53.0 Å². The summed E-state index contributed by atoms with van der Waals surface area (Å²) in [6.07, 6.45) is 8.08. The van der Waals surface area contributed by atoms with Gasteiger partial charge in [-0.05, 0) is 71.0 Å². The first-order valence-corrected chi connectivity index (χ1v) is 13.4. The van der Waals surface area contributed by atoms with Gasteiger partial charge in [-0.15, -0.1) is 11.3 Å². The van der Waals surface area contributed by atoms with E-state index < -0.39 is 0 Å². The largest absolute Gasteiger partial charge is 0.309 e. The van der Waals surface area contributed by atoms with E-state index in [-0.39, 0.29) is 0 Å². The molecule has 0 amide bonds. The molecule has 4 rings (SSSR count). The summed E-state index contributed by atoms with van der Waals surface area (Å²) in [6, 6.07) is 13.7. The van der Waals surface area contributed by atoms with Gasteiger partial charge in [-0.2, -0.15) is 22.7 Å². The maximum atomic E-state index is 2.35. The molecule has 0 aliphatic heterocycles. The van der Waals surface area contributed by atoms with E-state index in [9.17, 15) is 0 Å². The van der Waals surface area contributed by atoms with Crippen molar-refractivity contribution in [1.29, 1.82) is 0 Å². The smallest absolute Gasteiger partial charge is 0.267 e. The molecule has 0 atom stereocenters. The highest BCUT2D eigenvalue weighted by Crippen LogP contribution is 2.38. The molecule has 0 aromatic carbocycles. The van der Waals surface area contributed by atoms with Gasteiger partial charge in [-0.25, -0.2) is 0 Å². The van der Waals surface area contributed by atoms with Gasteiger partial charge in [-0.1, -0.05) is 60.6 Å². The number of hydrogen-bond donors (Lipinski definition) is 0. The summed E-state index contributed by atoms with van der Waals surface area (Å²) in [4.78, 5) is 3.82. The molecular weight excluding hydrogens is 409 g/mol. The minimum absolute atomic E-state index is 0.368. The van der Waals surface area contributed by atoms with Crippen LogP contribution < -0.4 is 9.55 Å². The van der Waals surface area contributed by atoms with Gasteiger partial charge in [0.15, 0.2) is 0 Å². The highest BCUT2D eigenvalue weighted by Gasteiger charge is 2.32. The van der Waals surface area contributed by atoms with Crippen LogP contribution in [0.4, 0.5) is 0 Å². The maximum Gasteiger partial charge on any atom is 0.267 e. The molecule has 0 radical (unpaired) electrons. The molecule has 3 heterocycles. The average Bonchev–Trinajstić information content (AvgIpc) is 3.51. The van der Waals surface area contributed by atoms with Gasteiger partial charge in [0.2, 0.25) is 0 Å². The van der Waals surface area contributed by atoms with Crippen molar-refractivity contribution in [3.63, 3.8) is 0 Å². The fraction of sp³-hybridized carbons (Fsp3) is 0.417. The van der Waals surface area contributed by atoms with Crippen LogP contribution in [0.2, 0.25) is 0 Å². The van der Waals surface area contributed by atoms with Crippen molar-refractivity contribution < 1.29 is 0 Å².